The third-order valence-corrected chi connectivity index (χ3v) is 4.10. The van der Waals surface area contributed by atoms with Gasteiger partial charge in [-0.2, -0.15) is 0 Å². The lowest BCUT2D eigenvalue weighted by molar-refractivity contribution is -0.134. The normalized spacial score (nSPS) is 10.8. The van der Waals surface area contributed by atoms with Crippen LogP contribution in [0.3, 0.4) is 0 Å². The molecule has 23 heavy (non-hydrogen) atoms. The molecule has 0 saturated carbocycles. The summed E-state index contributed by atoms with van der Waals surface area (Å²) in [4.78, 5) is 25.7. The van der Waals surface area contributed by atoms with Gasteiger partial charge in [-0.05, 0) is 30.9 Å². The summed E-state index contributed by atoms with van der Waals surface area (Å²) in [5.41, 5.74) is 0.968. The molecule has 0 aromatic heterocycles. The highest BCUT2D eigenvalue weighted by molar-refractivity contribution is 5.89. The molecule has 0 fully saturated rings. The van der Waals surface area contributed by atoms with E-state index >= 15 is 0 Å². The highest BCUT2D eigenvalue weighted by atomic mass is 16.5. The topological polar surface area (TPSA) is 66.8 Å². The van der Waals surface area contributed by atoms with Crippen molar-refractivity contribution in [1.82, 2.24) is 4.90 Å². The number of carbonyl (C=O) groups excluding carboxylic acids is 1. The maximum absolute atomic E-state index is 12.6. The average molecular weight is 321 g/mol. The standard InChI is InChI=1S/C18H27NO4/c1-4-15(5-2)19(12-13-23-3)17(20)11-10-14-8-6-7-9-16(14)18(21)22/h6-9,15H,4-5,10-13H2,1-3H3,(H,21,22). The minimum Gasteiger partial charge on any atom is -0.478 e. The summed E-state index contributed by atoms with van der Waals surface area (Å²) in [6.45, 7) is 5.22. The number of carboxylic acids is 1. The molecule has 1 rings (SSSR count). The van der Waals surface area contributed by atoms with Gasteiger partial charge >= 0.3 is 5.97 Å². The number of methoxy groups -OCH3 is 1. The number of aryl methyl sites for hydroxylation is 1. The van der Waals surface area contributed by atoms with Crippen LogP contribution in [-0.4, -0.2) is 48.2 Å². The van der Waals surface area contributed by atoms with Crippen molar-refractivity contribution in [2.45, 2.75) is 45.6 Å². The summed E-state index contributed by atoms with van der Waals surface area (Å²) in [6, 6.07) is 7.05. The van der Waals surface area contributed by atoms with Gasteiger partial charge in [-0.1, -0.05) is 32.0 Å². The summed E-state index contributed by atoms with van der Waals surface area (Å²) in [6.07, 6.45) is 2.55. The summed E-state index contributed by atoms with van der Waals surface area (Å²) in [5, 5.41) is 9.21. The molecule has 0 atom stereocenters. The fourth-order valence-electron chi connectivity index (χ4n) is 2.76. The van der Waals surface area contributed by atoms with Crippen LogP contribution in [0.2, 0.25) is 0 Å². The molecule has 0 bridgehead atoms. The molecule has 0 aliphatic carbocycles. The maximum atomic E-state index is 12.6. The van der Waals surface area contributed by atoms with Crippen molar-refractivity contribution in [1.29, 1.82) is 0 Å². The van der Waals surface area contributed by atoms with E-state index in [4.69, 9.17) is 4.74 Å². The third-order valence-electron chi connectivity index (χ3n) is 4.10. The summed E-state index contributed by atoms with van der Waals surface area (Å²) >= 11 is 0. The van der Waals surface area contributed by atoms with E-state index in [1.165, 1.54) is 0 Å². The van der Waals surface area contributed by atoms with Crippen molar-refractivity contribution in [3.63, 3.8) is 0 Å². The Morgan fingerprint density at radius 3 is 2.43 bits per heavy atom. The molecule has 0 saturated heterocycles. The van der Waals surface area contributed by atoms with Crippen LogP contribution in [0.15, 0.2) is 24.3 Å². The van der Waals surface area contributed by atoms with Crippen molar-refractivity contribution >= 4 is 11.9 Å². The Hall–Kier alpha value is -1.88. The van der Waals surface area contributed by atoms with Gasteiger partial charge in [0.05, 0.1) is 12.2 Å². The molecule has 0 aliphatic heterocycles. The Morgan fingerprint density at radius 2 is 1.87 bits per heavy atom. The van der Waals surface area contributed by atoms with Crippen LogP contribution in [0.4, 0.5) is 0 Å². The van der Waals surface area contributed by atoms with Crippen molar-refractivity contribution < 1.29 is 19.4 Å². The van der Waals surface area contributed by atoms with E-state index in [0.29, 0.717) is 31.6 Å². The Morgan fingerprint density at radius 1 is 1.22 bits per heavy atom. The molecule has 1 aromatic rings. The van der Waals surface area contributed by atoms with E-state index in [-0.39, 0.29) is 17.5 Å². The van der Waals surface area contributed by atoms with Gasteiger partial charge in [0.25, 0.3) is 0 Å². The lowest BCUT2D eigenvalue weighted by Crippen LogP contribution is -2.41. The Balaban J connectivity index is 2.77. The minimum atomic E-state index is -0.954. The van der Waals surface area contributed by atoms with Gasteiger partial charge in [-0.25, -0.2) is 4.79 Å². The second-order valence-electron chi connectivity index (χ2n) is 5.51. The van der Waals surface area contributed by atoms with Crippen molar-refractivity contribution in [2.75, 3.05) is 20.3 Å². The van der Waals surface area contributed by atoms with Crippen LogP contribution < -0.4 is 0 Å². The smallest absolute Gasteiger partial charge is 0.335 e. The molecule has 5 nitrogen and oxygen atoms in total. The van der Waals surface area contributed by atoms with E-state index < -0.39 is 5.97 Å². The number of benzene rings is 1. The highest BCUT2D eigenvalue weighted by Crippen LogP contribution is 2.15. The van der Waals surface area contributed by atoms with Gasteiger partial charge in [0.2, 0.25) is 5.91 Å². The Labute approximate surface area is 138 Å². The van der Waals surface area contributed by atoms with Crippen molar-refractivity contribution in [3.05, 3.63) is 35.4 Å². The number of ether oxygens (including phenoxy) is 1. The van der Waals surface area contributed by atoms with E-state index in [1.54, 1.807) is 31.4 Å². The number of carboxylic acid groups (broad SMARTS) is 1. The van der Waals surface area contributed by atoms with E-state index in [1.807, 2.05) is 4.90 Å². The molecule has 0 aliphatic rings. The summed E-state index contributed by atoms with van der Waals surface area (Å²) in [5.74, 6) is -0.903. The van der Waals surface area contributed by atoms with Gasteiger partial charge in [0.1, 0.15) is 0 Å². The van der Waals surface area contributed by atoms with Crippen LogP contribution in [-0.2, 0) is 16.0 Å². The molecule has 0 unspecified atom stereocenters. The Kier molecular flexibility index (Phi) is 8.33. The van der Waals surface area contributed by atoms with E-state index in [0.717, 1.165) is 12.8 Å². The number of carbonyl (C=O) groups is 2. The zero-order chi connectivity index (χ0) is 17.2. The SMILES string of the molecule is CCC(CC)N(CCOC)C(=O)CCc1ccccc1C(=O)O. The number of hydrogen-bond donors (Lipinski definition) is 1. The Bertz CT molecular complexity index is 511. The molecule has 1 N–H and O–H groups in total. The van der Waals surface area contributed by atoms with E-state index in [2.05, 4.69) is 13.8 Å². The molecule has 128 valence electrons. The summed E-state index contributed by atoms with van der Waals surface area (Å²) < 4.78 is 5.10. The van der Waals surface area contributed by atoms with Crippen LogP contribution in [0.5, 0.6) is 0 Å². The van der Waals surface area contributed by atoms with Crippen LogP contribution in [0.1, 0.15) is 49.0 Å². The first-order valence-electron chi connectivity index (χ1n) is 8.14. The number of aromatic carboxylic acids is 1. The number of hydrogen-bond acceptors (Lipinski definition) is 3. The molecular weight excluding hydrogens is 294 g/mol. The fraction of sp³-hybridized carbons (Fsp3) is 0.556. The van der Waals surface area contributed by atoms with Crippen LogP contribution >= 0.6 is 0 Å². The number of rotatable bonds is 10. The molecule has 0 radical (unpaired) electrons. The zero-order valence-corrected chi connectivity index (χ0v) is 14.2. The molecule has 5 heteroatoms. The van der Waals surface area contributed by atoms with Crippen molar-refractivity contribution in [3.8, 4) is 0 Å². The monoisotopic (exact) mass is 321 g/mol. The molecule has 1 amide bonds. The maximum Gasteiger partial charge on any atom is 0.335 e. The fourth-order valence-corrected chi connectivity index (χ4v) is 2.76. The second kappa shape index (κ2) is 10.0. The molecule has 0 heterocycles. The van der Waals surface area contributed by atoms with Crippen molar-refractivity contribution in [2.24, 2.45) is 0 Å². The predicted molar refractivity (Wildman–Crippen MR) is 89.7 cm³/mol. The van der Waals surface area contributed by atoms with E-state index in [9.17, 15) is 14.7 Å². The first-order chi connectivity index (χ1) is 11.0. The predicted octanol–water partition coefficient (Wildman–Crippen LogP) is 2.98. The largest absolute Gasteiger partial charge is 0.478 e. The quantitative estimate of drug-likeness (QED) is 0.719. The molecular formula is C18H27NO4. The average Bonchev–Trinajstić information content (AvgIpc) is 2.56. The lowest BCUT2D eigenvalue weighted by Gasteiger charge is -2.30. The third kappa shape index (κ3) is 5.67. The number of amides is 1. The highest BCUT2D eigenvalue weighted by Gasteiger charge is 2.21. The van der Waals surface area contributed by atoms with Gasteiger partial charge in [0.15, 0.2) is 0 Å². The van der Waals surface area contributed by atoms with Gasteiger partial charge in [0, 0.05) is 26.1 Å². The first kappa shape index (κ1) is 19.2. The molecule has 0 spiro atoms. The number of nitrogens with zero attached hydrogens (tertiary/aromatic N) is 1. The van der Waals surface area contributed by atoms with Crippen LogP contribution in [0.25, 0.3) is 0 Å². The first-order valence-corrected chi connectivity index (χ1v) is 8.14. The van der Waals surface area contributed by atoms with Crippen LogP contribution in [0, 0.1) is 0 Å². The van der Waals surface area contributed by atoms with Gasteiger partial charge < -0.3 is 14.7 Å². The zero-order valence-electron chi connectivity index (χ0n) is 14.2. The van der Waals surface area contributed by atoms with Gasteiger partial charge in [-0.3, -0.25) is 4.79 Å². The van der Waals surface area contributed by atoms with Gasteiger partial charge in [-0.15, -0.1) is 0 Å². The second-order valence-corrected chi connectivity index (χ2v) is 5.51. The lowest BCUT2D eigenvalue weighted by atomic mass is 10.0. The minimum absolute atomic E-state index is 0.0518. The summed E-state index contributed by atoms with van der Waals surface area (Å²) in [7, 11) is 1.62. The molecule has 1 aromatic carbocycles.